The van der Waals surface area contributed by atoms with Crippen LogP contribution in [0.3, 0.4) is 0 Å². The summed E-state index contributed by atoms with van der Waals surface area (Å²) in [6, 6.07) is 11.5. The van der Waals surface area contributed by atoms with Crippen molar-refractivity contribution >= 4 is 17.4 Å². The molecule has 1 aliphatic rings. The van der Waals surface area contributed by atoms with Crippen molar-refractivity contribution in [2.75, 3.05) is 18.6 Å². The van der Waals surface area contributed by atoms with Crippen LogP contribution in [-0.2, 0) is 20.9 Å². The molecule has 0 spiro atoms. The third-order valence-electron chi connectivity index (χ3n) is 3.86. The Hall–Kier alpha value is -2.69. The molecule has 0 radical (unpaired) electrons. The summed E-state index contributed by atoms with van der Waals surface area (Å²) in [4.78, 5) is 30.0. The zero-order chi connectivity index (χ0) is 15.5. The van der Waals surface area contributed by atoms with Gasteiger partial charge in [-0.15, -0.1) is 0 Å². The first-order valence-corrected chi connectivity index (χ1v) is 7.05. The molecule has 0 saturated heterocycles. The van der Waals surface area contributed by atoms with Crippen molar-refractivity contribution in [2.24, 2.45) is 0 Å². The number of benzene rings is 1. The van der Waals surface area contributed by atoms with Gasteiger partial charge in [-0.3, -0.25) is 9.78 Å². The Kier molecular flexibility index (Phi) is 3.87. The minimum atomic E-state index is -0.789. The molecule has 5 nitrogen and oxygen atoms in total. The Labute approximate surface area is 128 Å². The molecule has 0 bridgehead atoms. The number of aromatic nitrogens is 1. The van der Waals surface area contributed by atoms with E-state index in [2.05, 4.69) is 14.6 Å². The van der Waals surface area contributed by atoms with Gasteiger partial charge in [0.1, 0.15) is 0 Å². The van der Waals surface area contributed by atoms with E-state index in [0.717, 1.165) is 16.8 Å². The first-order chi connectivity index (χ1) is 10.7. The molecular weight excluding hydrogens is 280 g/mol. The Morgan fingerprint density at radius 3 is 2.82 bits per heavy atom. The van der Waals surface area contributed by atoms with Crippen molar-refractivity contribution < 1.29 is 14.3 Å². The average Bonchev–Trinajstić information content (AvgIpc) is 2.93. The summed E-state index contributed by atoms with van der Waals surface area (Å²) in [6.07, 6.45) is 3.53. The number of hydrogen-bond acceptors (Lipinski definition) is 5. The van der Waals surface area contributed by atoms with Crippen LogP contribution in [-0.4, -0.2) is 30.4 Å². The molecule has 5 heteroatoms. The van der Waals surface area contributed by atoms with Crippen molar-refractivity contribution in [3.8, 4) is 0 Å². The number of ketones is 1. The predicted octanol–water partition coefficient (Wildman–Crippen LogP) is 1.93. The van der Waals surface area contributed by atoms with E-state index in [1.165, 1.54) is 7.11 Å². The monoisotopic (exact) mass is 296 g/mol. The largest absolute Gasteiger partial charge is 0.463 e. The summed E-state index contributed by atoms with van der Waals surface area (Å²) in [7, 11) is 1.23. The Balaban J connectivity index is 1.89. The van der Waals surface area contributed by atoms with Crippen LogP contribution >= 0.6 is 0 Å². The lowest BCUT2D eigenvalue weighted by molar-refractivity contribution is -0.152. The highest BCUT2D eigenvalue weighted by Gasteiger charge is 2.36. The summed E-state index contributed by atoms with van der Waals surface area (Å²) >= 11 is 0. The van der Waals surface area contributed by atoms with Crippen molar-refractivity contribution in [3.05, 3.63) is 59.9 Å². The van der Waals surface area contributed by atoms with Gasteiger partial charge in [-0.2, -0.15) is 0 Å². The van der Waals surface area contributed by atoms with Crippen molar-refractivity contribution in [2.45, 2.75) is 12.5 Å². The van der Waals surface area contributed by atoms with E-state index in [-0.39, 0.29) is 0 Å². The number of rotatable bonds is 4. The second-order valence-electron chi connectivity index (χ2n) is 5.21. The Morgan fingerprint density at radius 2 is 2.09 bits per heavy atom. The Bertz CT molecular complexity index is 700. The predicted molar refractivity (Wildman–Crippen MR) is 81.5 cm³/mol. The number of para-hydroxylation sites is 1. The minimum absolute atomic E-state index is 0.472. The van der Waals surface area contributed by atoms with Gasteiger partial charge in [0.25, 0.3) is 0 Å². The fourth-order valence-corrected chi connectivity index (χ4v) is 2.82. The first-order valence-electron chi connectivity index (χ1n) is 7.05. The molecule has 0 fully saturated rings. The van der Waals surface area contributed by atoms with E-state index in [1.807, 2.05) is 36.4 Å². The van der Waals surface area contributed by atoms with Crippen LogP contribution in [0.2, 0.25) is 0 Å². The van der Waals surface area contributed by atoms with Gasteiger partial charge in [0.15, 0.2) is 0 Å². The topological polar surface area (TPSA) is 59.5 Å². The molecule has 0 saturated carbocycles. The highest BCUT2D eigenvalue weighted by molar-refractivity contribution is 6.36. The molecule has 1 unspecified atom stereocenters. The molecular formula is C17H16N2O3. The zero-order valence-corrected chi connectivity index (χ0v) is 12.2. The van der Waals surface area contributed by atoms with E-state index >= 15 is 0 Å². The van der Waals surface area contributed by atoms with Gasteiger partial charge in [-0.25, -0.2) is 4.79 Å². The molecule has 1 aliphatic heterocycles. The number of Topliss-reactive ketones (excluding diaryl/α,β-unsaturated/α-hetero) is 1. The summed E-state index contributed by atoms with van der Waals surface area (Å²) < 4.78 is 4.58. The van der Waals surface area contributed by atoms with Crippen LogP contribution in [0.1, 0.15) is 17.0 Å². The Morgan fingerprint density at radius 1 is 1.27 bits per heavy atom. The first kappa shape index (κ1) is 14.3. The molecule has 0 aliphatic carbocycles. The zero-order valence-electron chi connectivity index (χ0n) is 12.2. The van der Waals surface area contributed by atoms with Crippen molar-refractivity contribution in [1.29, 1.82) is 0 Å². The van der Waals surface area contributed by atoms with Crippen LogP contribution in [0.5, 0.6) is 0 Å². The number of anilines is 1. The lowest BCUT2D eigenvalue weighted by Gasteiger charge is -2.19. The molecule has 22 heavy (non-hydrogen) atoms. The van der Waals surface area contributed by atoms with Gasteiger partial charge in [0, 0.05) is 31.2 Å². The summed E-state index contributed by atoms with van der Waals surface area (Å²) in [5.74, 6) is -1.76. The van der Waals surface area contributed by atoms with Gasteiger partial charge in [-0.1, -0.05) is 24.3 Å². The maximum absolute atomic E-state index is 12.2. The lowest BCUT2D eigenvalue weighted by Crippen LogP contribution is -2.28. The van der Waals surface area contributed by atoms with Crippen LogP contribution < -0.4 is 4.90 Å². The van der Waals surface area contributed by atoms with Crippen LogP contribution in [0.25, 0.3) is 0 Å². The number of carbonyl (C=O) groups excluding carboxylic acids is 2. The normalized spacial score (nSPS) is 16.2. The fraction of sp³-hybridized carbons (Fsp3) is 0.235. The molecule has 112 valence electrons. The van der Waals surface area contributed by atoms with Crippen LogP contribution in [0.15, 0.2) is 48.8 Å². The van der Waals surface area contributed by atoms with E-state index in [4.69, 9.17) is 0 Å². The lowest BCUT2D eigenvalue weighted by atomic mass is 9.97. The smallest absolute Gasteiger partial charge is 0.375 e. The van der Waals surface area contributed by atoms with Gasteiger partial charge >= 0.3 is 5.97 Å². The number of nitrogens with zero attached hydrogens (tertiary/aromatic N) is 2. The average molecular weight is 296 g/mol. The van der Waals surface area contributed by atoms with E-state index in [9.17, 15) is 9.59 Å². The van der Waals surface area contributed by atoms with Crippen LogP contribution in [0.4, 0.5) is 5.69 Å². The molecule has 0 N–H and O–H groups in total. The molecule has 3 rings (SSSR count). The second-order valence-corrected chi connectivity index (χ2v) is 5.21. The number of ether oxygens (including phenoxy) is 1. The maximum atomic E-state index is 12.2. The molecule has 2 aromatic rings. The van der Waals surface area contributed by atoms with Gasteiger partial charge < -0.3 is 9.64 Å². The van der Waals surface area contributed by atoms with E-state index in [0.29, 0.717) is 13.1 Å². The molecule has 1 atom stereocenters. The van der Waals surface area contributed by atoms with E-state index in [1.54, 1.807) is 12.4 Å². The molecule has 0 amide bonds. The van der Waals surface area contributed by atoms with Crippen LogP contribution in [0, 0.1) is 0 Å². The van der Waals surface area contributed by atoms with Gasteiger partial charge in [0.05, 0.1) is 13.0 Å². The highest BCUT2D eigenvalue weighted by atomic mass is 16.5. The third-order valence-corrected chi connectivity index (χ3v) is 3.86. The third kappa shape index (κ3) is 2.57. The van der Waals surface area contributed by atoms with Gasteiger partial charge in [-0.05, 0) is 23.3 Å². The molecule has 1 aromatic heterocycles. The number of carbonyl (C=O) groups is 2. The number of pyridine rings is 1. The summed E-state index contributed by atoms with van der Waals surface area (Å²) in [6.45, 7) is 1.12. The number of esters is 1. The molecule has 1 aromatic carbocycles. The molecule has 2 heterocycles. The number of methoxy groups -OCH3 is 1. The highest BCUT2D eigenvalue weighted by Crippen LogP contribution is 2.37. The fourth-order valence-electron chi connectivity index (χ4n) is 2.82. The second kappa shape index (κ2) is 5.97. The van der Waals surface area contributed by atoms with E-state index < -0.39 is 17.7 Å². The van der Waals surface area contributed by atoms with Crippen molar-refractivity contribution in [3.63, 3.8) is 0 Å². The summed E-state index contributed by atoms with van der Waals surface area (Å²) in [5, 5.41) is 0. The van der Waals surface area contributed by atoms with Crippen molar-refractivity contribution in [1.82, 2.24) is 4.98 Å². The standard InChI is InChI=1S/C17H16N2O3/c1-22-17(21)16(20)14-11-19(10-12-5-4-8-18-9-12)15-7-3-2-6-13(14)15/h2-9,14H,10-11H2,1H3. The SMILES string of the molecule is COC(=O)C(=O)C1CN(Cc2cccnc2)c2ccccc21. The maximum Gasteiger partial charge on any atom is 0.375 e. The minimum Gasteiger partial charge on any atom is -0.463 e. The quantitative estimate of drug-likeness (QED) is 0.637. The number of hydrogen-bond donors (Lipinski definition) is 0. The summed E-state index contributed by atoms with van der Waals surface area (Å²) in [5.41, 5.74) is 2.92. The van der Waals surface area contributed by atoms with Gasteiger partial charge in [0.2, 0.25) is 5.78 Å². The number of fused-ring (bicyclic) bond motifs is 1.